The number of imide groups is 1. The monoisotopic (exact) mass is 297 g/mol. The van der Waals surface area contributed by atoms with Crippen LogP contribution in [0, 0.1) is 0 Å². The van der Waals surface area contributed by atoms with Crippen LogP contribution in [0.3, 0.4) is 0 Å². The van der Waals surface area contributed by atoms with Gasteiger partial charge in [0.25, 0.3) is 0 Å². The topological polar surface area (TPSA) is 99.6 Å². The number of amides is 2. The van der Waals surface area contributed by atoms with Gasteiger partial charge < -0.3 is 10.0 Å². The number of nitrogens with zero attached hydrogens (tertiary/aromatic N) is 2. The van der Waals surface area contributed by atoms with Crippen molar-refractivity contribution in [1.29, 1.82) is 0 Å². The molecule has 0 saturated carbocycles. The summed E-state index contributed by atoms with van der Waals surface area (Å²) in [4.78, 5) is 39.5. The first-order chi connectivity index (χ1) is 9.43. The number of aromatic carboxylic acids is 1. The Morgan fingerprint density at radius 2 is 2.30 bits per heavy atom. The van der Waals surface area contributed by atoms with Crippen molar-refractivity contribution in [3.8, 4) is 0 Å². The van der Waals surface area contributed by atoms with Crippen LogP contribution in [0.25, 0.3) is 0 Å². The highest BCUT2D eigenvalue weighted by Gasteiger charge is 2.34. The van der Waals surface area contributed by atoms with E-state index in [0.717, 1.165) is 6.20 Å². The lowest BCUT2D eigenvalue weighted by Gasteiger charge is -2.34. The largest absolute Gasteiger partial charge is 0.478 e. The molecule has 2 N–H and O–H groups in total. The fourth-order valence-corrected chi connectivity index (χ4v) is 2.33. The number of carboxylic acid groups (broad SMARTS) is 1. The molecule has 8 heteroatoms. The third-order valence-electron chi connectivity index (χ3n) is 2.98. The number of halogens is 1. The second-order valence-electron chi connectivity index (χ2n) is 4.30. The molecule has 0 aliphatic carbocycles. The molecule has 1 aromatic rings. The van der Waals surface area contributed by atoms with Gasteiger partial charge in [0.2, 0.25) is 11.8 Å². The summed E-state index contributed by atoms with van der Waals surface area (Å²) in [6.45, 7) is 1.75. The number of aromatic nitrogens is 1. The molecule has 1 unspecified atom stereocenters. The lowest BCUT2D eigenvalue weighted by atomic mass is 10.1. The van der Waals surface area contributed by atoms with E-state index in [0.29, 0.717) is 6.42 Å². The Morgan fingerprint density at radius 3 is 2.85 bits per heavy atom. The molecule has 2 amide bonds. The molecule has 1 fully saturated rings. The first-order valence-electron chi connectivity index (χ1n) is 5.93. The van der Waals surface area contributed by atoms with Crippen molar-refractivity contribution in [3.63, 3.8) is 0 Å². The van der Waals surface area contributed by atoms with Crippen molar-refractivity contribution in [1.82, 2.24) is 10.3 Å². The Balaban J connectivity index is 2.40. The lowest BCUT2D eigenvalue weighted by Crippen LogP contribution is -2.58. The molecule has 20 heavy (non-hydrogen) atoms. The Hall–Kier alpha value is -2.15. The second kappa shape index (κ2) is 5.46. The summed E-state index contributed by atoms with van der Waals surface area (Å²) in [5, 5.41) is 11.2. The second-order valence-corrected chi connectivity index (χ2v) is 4.71. The summed E-state index contributed by atoms with van der Waals surface area (Å²) < 4.78 is 0. The molecule has 1 atom stereocenters. The third-order valence-corrected chi connectivity index (χ3v) is 3.26. The standard InChI is InChI=1S/C12H12ClN3O4/c1-2-8-11(18)15-9(17)5-16(8)10-7(13)3-6(4-14-10)12(19)20/h3-4,8H,2,5H2,1H3,(H,19,20)(H,15,17,18). The summed E-state index contributed by atoms with van der Waals surface area (Å²) in [7, 11) is 0. The van der Waals surface area contributed by atoms with E-state index in [2.05, 4.69) is 10.3 Å². The van der Waals surface area contributed by atoms with Crippen molar-refractivity contribution in [2.75, 3.05) is 11.4 Å². The minimum atomic E-state index is -1.15. The number of carboxylic acids is 1. The van der Waals surface area contributed by atoms with Crippen LogP contribution >= 0.6 is 11.6 Å². The SMILES string of the molecule is CCC1C(=O)NC(=O)CN1c1ncc(C(=O)O)cc1Cl. The van der Waals surface area contributed by atoms with Crippen LogP contribution in [-0.4, -0.2) is 40.5 Å². The molecular formula is C12H12ClN3O4. The predicted octanol–water partition coefficient (Wildman–Crippen LogP) is 0.675. The number of carbonyl (C=O) groups excluding carboxylic acids is 2. The van der Waals surface area contributed by atoms with Crippen molar-refractivity contribution in [2.45, 2.75) is 19.4 Å². The Morgan fingerprint density at radius 1 is 1.60 bits per heavy atom. The average molecular weight is 298 g/mol. The number of pyridine rings is 1. The molecule has 0 spiro atoms. The van der Waals surface area contributed by atoms with Gasteiger partial charge in [-0.25, -0.2) is 9.78 Å². The first-order valence-corrected chi connectivity index (χ1v) is 6.31. The summed E-state index contributed by atoms with van der Waals surface area (Å²) in [5.41, 5.74) is -0.0559. The highest BCUT2D eigenvalue weighted by Crippen LogP contribution is 2.27. The number of piperazine rings is 1. The van der Waals surface area contributed by atoms with Crippen LogP contribution in [0.15, 0.2) is 12.3 Å². The van der Waals surface area contributed by atoms with E-state index in [-0.39, 0.29) is 22.9 Å². The van der Waals surface area contributed by atoms with Gasteiger partial charge in [-0.1, -0.05) is 18.5 Å². The first kappa shape index (κ1) is 14.3. The maximum atomic E-state index is 11.8. The molecule has 0 radical (unpaired) electrons. The number of hydrogen-bond donors (Lipinski definition) is 2. The van der Waals surface area contributed by atoms with E-state index in [4.69, 9.17) is 16.7 Å². The molecule has 1 aliphatic rings. The highest BCUT2D eigenvalue weighted by molar-refractivity contribution is 6.33. The molecule has 1 aromatic heterocycles. The van der Waals surface area contributed by atoms with E-state index in [1.165, 1.54) is 11.0 Å². The summed E-state index contributed by atoms with van der Waals surface area (Å²) in [5.74, 6) is -1.78. The molecule has 106 valence electrons. The lowest BCUT2D eigenvalue weighted by molar-refractivity contribution is -0.132. The Kier molecular flexibility index (Phi) is 3.89. The zero-order valence-electron chi connectivity index (χ0n) is 10.6. The van der Waals surface area contributed by atoms with E-state index >= 15 is 0 Å². The minimum Gasteiger partial charge on any atom is -0.478 e. The summed E-state index contributed by atoms with van der Waals surface area (Å²) in [6.07, 6.45) is 1.62. The Bertz CT molecular complexity index is 590. The maximum Gasteiger partial charge on any atom is 0.337 e. The van der Waals surface area contributed by atoms with Gasteiger partial charge in [-0.2, -0.15) is 0 Å². The Labute approximate surface area is 119 Å². The quantitative estimate of drug-likeness (QED) is 0.796. The highest BCUT2D eigenvalue weighted by atomic mass is 35.5. The van der Waals surface area contributed by atoms with Crippen molar-refractivity contribution in [3.05, 3.63) is 22.8 Å². The zero-order chi connectivity index (χ0) is 14.9. The zero-order valence-corrected chi connectivity index (χ0v) is 11.3. The van der Waals surface area contributed by atoms with E-state index in [1.807, 2.05) is 0 Å². The van der Waals surface area contributed by atoms with Gasteiger partial charge in [-0.05, 0) is 12.5 Å². The number of hydrogen-bond acceptors (Lipinski definition) is 5. The van der Waals surface area contributed by atoms with Crippen molar-refractivity contribution < 1.29 is 19.5 Å². The van der Waals surface area contributed by atoms with Gasteiger partial charge in [0, 0.05) is 6.20 Å². The van der Waals surface area contributed by atoms with Crippen LogP contribution in [0.4, 0.5) is 5.82 Å². The number of nitrogens with one attached hydrogen (secondary N) is 1. The molecule has 7 nitrogen and oxygen atoms in total. The minimum absolute atomic E-state index is 0.0522. The van der Waals surface area contributed by atoms with Gasteiger partial charge in [-0.3, -0.25) is 14.9 Å². The van der Waals surface area contributed by atoms with Crippen LogP contribution in [0.1, 0.15) is 23.7 Å². The molecule has 1 aliphatic heterocycles. The predicted molar refractivity (Wildman–Crippen MR) is 70.8 cm³/mol. The van der Waals surface area contributed by atoms with Crippen LogP contribution in [0.5, 0.6) is 0 Å². The van der Waals surface area contributed by atoms with Gasteiger partial charge in [0.1, 0.15) is 11.9 Å². The molecule has 2 rings (SSSR count). The molecule has 2 heterocycles. The van der Waals surface area contributed by atoms with Crippen LogP contribution in [0.2, 0.25) is 5.02 Å². The van der Waals surface area contributed by atoms with Gasteiger partial charge in [0.15, 0.2) is 0 Å². The normalized spacial score (nSPS) is 18.9. The molecular weight excluding hydrogens is 286 g/mol. The number of anilines is 1. The molecule has 1 saturated heterocycles. The molecule has 0 aromatic carbocycles. The van der Waals surface area contributed by atoms with E-state index in [1.54, 1.807) is 6.92 Å². The van der Waals surface area contributed by atoms with Gasteiger partial charge >= 0.3 is 5.97 Å². The van der Waals surface area contributed by atoms with Crippen molar-refractivity contribution >= 4 is 35.2 Å². The van der Waals surface area contributed by atoms with Crippen molar-refractivity contribution in [2.24, 2.45) is 0 Å². The van der Waals surface area contributed by atoms with Gasteiger partial charge in [0.05, 0.1) is 17.1 Å². The van der Waals surface area contributed by atoms with E-state index in [9.17, 15) is 14.4 Å². The maximum absolute atomic E-state index is 11.8. The smallest absolute Gasteiger partial charge is 0.337 e. The number of carbonyl (C=O) groups is 3. The number of rotatable bonds is 3. The summed E-state index contributed by atoms with van der Waals surface area (Å²) >= 11 is 6.01. The van der Waals surface area contributed by atoms with Crippen LogP contribution < -0.4 is 10.2 Å². The fourth-order valence-electron chi connectivity index (χ4n) is 2.05. The average Bonchev–Trinajstić information content (AvgIpc) is 2.37. The summed E-state index contributed by atoms with van der Waals surface area (Å²) in [6, 6.07) is 0.684. The van der Waals surface area contributed by atoms with E-state index < -0.39 is 23.8 Å². The third kappa shape index (κ3) is 2.57. The van der Waals surface area contributed by atoms with Gasteiger partial charge in [-0.15, -0.1) is 0 Å². The van der Waals surface area contributed by atoms with Crippen LogP contribution in [-0.2, 0) is 9.59 Å². The fraction of sp³-hybridized carbons (Fsp3) is 0.333. The molecule has 0 bridgehead atoms.